The van der Waals surface area contributed by atoms with E-state index in [2.05, 4.69) is 20.0 Å². The van der Waals surface area contributed by atoms with Gasteiger partial charge in [0.25, 0.3) is 15.9 Å². The predicted octanol–water partition coefficient (Wildman–Crippen LogP) is 0.350. The first-order chi connectivity index (χ1) is 18.0. The Bertz CT molecular complexity index is 1420. The number of amides is 3. The van der Waals surface area contributed by atoms with Gasteiger partial charge >= 0.3 is 0 Å². The van der Waals surface area contributed by atoms with E-state index in [4.69, 9.17) is 5.73 Å². The molecule has 3 aromatic rings. The number of hydrogen-bond acceptors (Lipinski definition) is 8. The van der Waals surface area contributed by atoms with Crippen LogP contribution in [-0.2, 0) is 33.1 Å². The van der Waals surface area contributed by atoms with Crippen molar-refractivity contribution in [3.05, 3.63) is 64.5 Å². The number of sulfonamides is 1. The Kier molecular flexibility index (Phi) is 8.23. The zero-order valence-corrected chi connectivity index (χ0v) is 22.5. The van der Waals surface area contributed by atoms with E-state index in [1.165, 1.54) is 33.3 Å². The fourth-order valence-corrected chi connectivity index (χ4v) is 6.17. The number of nitrogens with one attached hydrogen (secondary N) is 2. The molecule has 202 valence electrons. The summed E-state index contributed by atoms with van der Waals surface area (Å²) in [6.45, 7) is 1.87. The van der Waals surface area contributed by atoms with E-state index >= 15 is 0 Å². The average molecular weight is 560 g/mol. The van der Waals surface area contributed by atoms with Gasteiger partial charge in [-0.05, 0) is 25.3 Å². The Balaban J connectivity index is 1.56. The molecule has 1 aliphatic rings. The number of carbonyl (C=O) groups excluding carboxylic acids is 3. The molecular formula is C24H29N7O5S2. The van der Waals surface area contributed by atoms with Gasteiger partial charge in [-0.2, -0.15) is 0 Å². The predicted molar refractivity (Wildman–Crippen MR) is 139 cm³/mol. The third kappa shape index (κ3) is 6.44. The average Bonchev–Trinajstić information content (AvgIpc) is 3.52. The van der Waals surface area contributed by atoms with E-state index in [-0.39, 0.29) is 36.5 Å². The van der Waals surface area contributed by atoms with Crippen LogP contribution < -0.4 is 15.8 Å². The Morgan fingerprint density at radius 3 is 2.58 bits per heavy atom. The van der Waals surface area contributed by atoms with Crippen LogP contribution >= 0.6 is 11.3 Å². The van der Waals surface area contributed by atoms with Crippen LogP contribution in [-0.4, -0.2) is 70.2 Å². The smallest absolute Gasteiger partial charge is 0.274 e. The second-order valence-electron chi connectivity index (χ2n) is 9.14. The molecule has 3 amide bonds. The number of benzene rings is 1. The van der Waals surface area contributed by atoms with E-state index in [9.17, 15) is 22.8 Å². The maximum Gasteiger partial charge on any atom is 0.274 e. The minimum Gasteiger partial charge on any atom is -0.368 e. The molecule has 1 fully saturated rings. The maximum atomic E-state index is 13.5. The molecule has 0 saturated carbocycles. The van der Waals surface area contributed by atoms with Crippen molar-refractivity contribution < 1.29 is 22.8 Å². The third-order valence-corrected chi connectivity index (χ3v) is 8.40. The Labute approximate surface area is 224 Å². The van der Waals surface area contributed by atoms with Crippen molar-refractivity contribution in [1.82, 2.24) is 29.5 Å². The number of aromatic nitrogens is 3. The molecule has 0 bridgehead atoms. The van der Waals surface area contributed by atoms with Gasteiger partial charge in [0.15, 0.2) is 5.03 Å². The lowest BCUT2D eigenvalue weighted by atomic mass is 9.96. The zero-order chi connectivity index (χ0) is 27.4. The molecule has 0 aliphatic carbocycles. The van der Waals surface area contributed by atoms with Crippen LogP contribution in [0.3, 0.4) is 0 Å². The molecule has 3 unspecified atom stereocenters. The molecule has 3 heterocycles. The number of carbonyl (C=O) groups is 3. The number of rotatable bonds is 9. The van der Waals surface area contributed by atoms with Gasteiger partial charge in [-0.15, -0.1) is 11.3 Å². The summed E-state index contributed by atoms with van der Waals surface area (Å²) in [5.41, 5.74) is 6.58. The molecule has 1 saturated heterocycles. The minimum absolute atomic E-state index is 0.0103. The van der Waals surface area contributed by atoms with Crippen LogP contribution in [0.1, 0.15) is 33.9 Å². The van der Waals surface area contributed by atoms with E-state index in [0.717, 1.165) is 5.56 Å². The highest BCUT2D eigenvalue weighted by atomic mass is 32.2. The van der Waals surface area contributed by atoms with Crippen LogP contribution in [0.4, 0.5) is 0 Å². The zero-order valence-electron chi connectivity index (χ0n) is 20.9. The van der Waals surface area contributed by atoms with Crippen molar-refractivity contribution in [2.24, 2.45) is 12.8 Å². The van der Waals surface area contributed by atoms with E-state index < -0.39 is 45.9 Å². The molecule has 2 aromatic heterocycles. The van der Waals surface area contributed by atoms with Crippen molar-refractivity contribution in [1.29, 1.82) is 0 Å². The number of thiazole rings is 1. The number of likely N-dealkylation sites (tertiary alicyclic amines) is 1. The third-order valence-electron chi connectivity index (χ3n) is 6.23. The lowest BCUT2D eigenvalue weighted by Gasteiger charge is -2.38. The number of nitrogens with zero attached hydrogens (tertiary/aromatic N) is 4. The van der Waals surface area contributed by atoms with Gasteiger partial charge in [-0.25, -0.2) is 23.1 Å². The van der Waals surface area contributed by atoms with Gasteiger partial charge in [-0.1, -0.05) is 30.3 Å². The molecule has 0 spiro atoms. The Hall–Kier alpha value is -3.62. The summed E-state index contributed by atoms with van der Waals surface area (Å²) in [4.78, 5) is 48.5. The summed E-state index contributed by atoms with van der Waals surface area (Å²) in [7, 11) is -2.30. The summed E-state index contributed by atoms with van der Waals surface area (Å²) in [6, 6.07) is 6.34. The number of primary amides is 1. The van der Waals surface area contributed by atoms with E-state index in [1.807, 2.05) is 30.3 Å². The fraction of sp³-hybridized carbons (Fsp3) is 0.375. The maximum absolute atomic E-state index is 13.5. The van der Waals surface area contributed by atoms with Gasteiger partial charge < -0.3 is 20.5 Å². The summed E-state index contributed by atoms with van der Waals surface area (Å²) in [5.74, 6) is -1.77. The van der Waals surface area contributed by atoms with Crippen molar-refractivity contribution in [2.75, 3.05) is 6.54 Å². The first-order valence-electron chi connectivity index (χ1n) is 11.9. The standard InChI is InChI=1S/C24H29N7O5S2/c1-15-27-19(13-37-15)24(34)31-9-8-17(29-38(35,36)21-12-30(2)14-26-21)11-20(31)23(33)28-18(22(25)32)10-16-6-4-3-5-7-16/h3-7,12-14,17-18,20,29H,8-11H2,1-2H3,(H2,25,32)(H,28,33). The second-order valence-corrected chi connectivity index (χ2v) is 11.9. The van der Waals surface area contributed by atoms with Crippen LogP contribution in [0, 0.1) is 6.92 Å². The SMILES string of the molecule is Cc1nc(C(=O)N2CCC(NS(=O)(=O)c3cn(C)cn3)CC2C(=O)NC(Cc2ccccc2)C(N)=O)cs1. The first kappa shape index (κ1) is 27.4. The van der Waals surface area contributed by atoms with Crippen molar-refractivity contribution in [2.45, 2.75) is 49.3 Å². The quantitative estimate of drug-likeness (QED) is 0.340. The van der Waals surface area contributed by atoms with Gasteiger partial charge in [0.2, 0.25) is 11.8 Å². The topological polar surface area (TPSA) is 169 Å². The summed E-state index contributed by atoms with van der Waals surface area (Å²) in [5, 5.41) is 4.85. The van der Waals surface area contributed by atoms with E-state index in [1.54, 1.807) is 19.4 Å². The number of imidazole rings is 1. The minimum atomic E-state index is -3.95. The number of nitrogens with two attached hydrogens (primary N) is 1. The van der Waals surface area contributed by atoms with Crippen LogP contribution in [0.2, 0.25) is 0 Å². The molecule has 12 nitrogen and oxygen atoms in total. The molecule has 3 atom stereocenters. The van der Waals surface area contributed by atoms with E-state index in [0.29, 0.717) is 5.01 Å². The second kappa shape index (κ2) is 11.4. The number of hydrogen-bond donors (Lipinski definition) is 3. The largest absolute Gasteiger partial charge is 0.368 e. The Morgan fingerprint density at radius 1 is 1.24 bits per heavy atom. The van der Waals surface area contributed by atoms with Gasteiger partial charge in [-0.3, -0.25) is 14.4 Å². The molecule has 1 aliphatic heterocycles. The van der Waals surface area contributed by atoms with Gasteiger partial charge in [0.1, 0.15) is 17.8 Å². The fourth-order valence-electron chi connectivity index (χ4n) is 4.32. The number of aryl methyl sites for hydroxylation is 2. The summed E-state index contributed by atoms with van der Waals surface area (Å²) in [6.07, 6.45) is 3.18. The van der Waals surface area contributed by atoms with Gasteiger partial charge in [0, 0.05) is 37.6 Å². The summed E-state index contributed by atoms with van der Waals surface area (Å²) >= 11 is 1.31. The summed E-state index contributed by atoms with van der Waals surface area (Å²) < 4.78 is 29.8. The molecule has 1 aromatic carbocycles. The Morgan fingerprint density at radius 2 is 1.97 bits per heavy atom. The van der Waals surface area contributed by atoms with Crippen molar-refractivity contribution in [3.8, 4) is 0 Å². The molecule has 4 N–H and O–H groups in total. The highest BCUT2D eigenvalue weighted by Crippen LogP contribution is 2.23. The molecule has 0 radical (unpaired) electrons. The molecule has 14 heteroatoms. The van der Waals surface area contributed by atoms with Crippen molar-refractivity contribution in [3.63, 3.8) is 0 Å². The molecule has 4 rings (SSSR count). The molecular weight excluding hydrogens is 530 g/mol. The normalized spacial score (nSPS) is 18.6. The first-order valence-corrected chi connectivity index (χ1v) is 14.3. The molecule has 38 heavy (non-hydrogen) atoms. The lowest BCUT2D eigenvalue weighted by Crippen LogP contribution is -2.59. The van der Waals surface area contributed by atoms with Crippen LogP contribution in [0.5, 0.6) is 0 Å². The van der Waals surface area contributed by atoms with Gasteiger partial charge in [0.05, 0.1) is 11.3 Å². The highest BCUT2D eigenvalue weighted by Gasteiger charge is 2.40. The van der Waals surface area contributed by atoms with Crippen LogP contribution in [0.15, 0.2) is 53.3 Å². The number of piperidine rings is 1. The van der Waals surface area contributed by atoms with Crippen LogP contribution in [0.25, 0.3) is 0 Å². The lowest BCUT2D eigenvalue weighted by molar-refractivity contribution is -0.131. The monoisotopic (exact) mass is 559 g/mol. The highest BCUT2D eigenvalue weighted by molar-refractivity contribution is 7.89. The van der Waals surface area contributed by atoms with Crippen molar-refractivity contribution >= 4 is 39.1 Å².